The fourth-order valence-electron chi connectivity index (χ4n) is 2.43. The molecule has 0 aliphatic carbocycles. The Morgan fingerprint density at radius 2 is 1.16 bits per heavy atom. The summed E-state index contributed by atoms with van der Waals surface area (Å²) in [5.74, 6) is 0. The number of rotatable bonds is 8. The van der Waals surface area contributed by atoms with Crippen LogP contribution in [0.4, 0.5) is 0 Å². The second-order valence-electron chi connectivity index (χ2n) is 5.33. The summed E-state index contributed by atoms with van der Waals surface area (Å²) >= 11 is 0. The summed E-state index contributed by atoms with van der Waals surface area (Å²) in [6.07, 6.45) is 11.5. The van der Waals surface area contributed by atoms with Gasteiger partial charge in [0.25, 0.3) is 0 Å². The van der Waals surface area contributed by atoms with Crippen LogP contribution < -0.4 is 0 Å². The van der Waals surface area contributed by atoms with Crippen LogP contribution in [0.15, 0.2) is 99.2 Å². The van der Waals surface area contributed by atoms with Gasteiger partial charge >= 0.3 is 0 Å². The van der Waals surface area contributed by atoms with Crippen molar-refractivity contribution >= 4 is 11.1 Å². The van der Waals surface area contributed by atoms with Crippen molar-refractivity contribution in [2.24, 2.45) is 0 Å². The maximum atomic E-state index is 4.71. The molecule has 2 heteroatoms. The Hall–Kier alpha value is -3.26. The highest BCUT2D eigenvalue weighted by Gasteiger charge is 2.05. The van der Waals surface area contributed by atoms with E-state index in [4.69, 9.17) is 9.97 Å². The quantitative estimate of drug-likeness (QED) is 0.592. The number of aromatic nitrogens is 2. The van der Waals surface area contributed by atoms with Crippen LogP contribution >= 0.6 is 0 Å². The van der Waals surface area contributed by atoms with E-state index in [0.29, 0.717) is 6.42 Å². The molecule has 0 aromatic carbocycles. The minimum absolute atomic E-state index is 0.651. The molecule has 0 saturated carbocycles. The van der Waals surface area contributed by atoms with E-state index in [1.54, 1.807) is 24.3 Å². The van der Waals surface area contributed by atoms with Crippen molar-refractivity contribution < 1.29 is 0 Å². The average molecular weight is 326 g/mol. The SMILES string of the molecule is C=CC=C(C=C)c1cccc(Cc2cccc(/C(C=C)=C/C=C)n2)n1. The molecule has 0 amide bonds. The van der Waals surface area contributed by atoms with Crippen LogP contribution in [0.1, 0.15) is 22.8 Å². The van der Waals surface area contributed by atoms with Crippen molar-refractivity contribution in [1.29, 1.82) is 0 Å². The van der Waals surface area contributed by atoms with E-state index >= 15 is 0 Å². The van der Waals surface area contributed by atoms with Crippen molar-refractivity contribution in [3.05, 3.63) is 122 Å². The van der Waals surface area contributed by atoms with Gasteiger partial charge in [-0.15, -0.1) is 0 Å². The lowest BCUT2D eigenvalue weighted by Gasteiger charge is -2.07. The zero-order chi connectivity index (χ0) is 18.1. The third-order valence-corrected chi connectivity index (χ3v) is 3.60. The molecule has 2 aromatic heterocycles. The van der Waals surface area contributed by atoms with Crippen LogP contribution in [0.5, 0.6) is 0 Å². The Kier molecular flexibility index (Phi) is 6.61. The largest absolute Gasteiger partial charge is 0.252 e. The van der Waals surface area contributed by atoms with E-state index in [9.17, 15) is 0 Å². The number of allylic oxidation sites excluding steroid dienone is 8. The second kappa shape index (κ2) is 9.14. The van der Waals surface area contributed by atoms with E-state index < -0.39 is 0 Å². The molecule has 2 rings (SSSR count). The first-order chi connectivity index (χ1) is 12.2. The van der Waals surface area contributed by atoms with Crippen LogP contribution in [0.3, 0.4) is 0 Å². The lowest BCUT2D eigenvalue weighted by molar-refractivity contribution is 0.999. The maximum Gasteiger partial charge on any atom is 0.0705 e. The van der Waals surface area contributed by atoms with Gasteiger partial charge in [0.15, 0.2) is 0 Å². The highest BCUT2D eigenvalue weighted by Crippen LogP contribution is 2.17. The summed E-state index contributed by atoms with van der Waals surface area (Å²) in [6, 6.07) is 11.9. The van der Waals surface area contributed by atoms with E-state index in [1.165, 1.54) is 0 Å². The van der Waals surface area contributed by atoms with Gasteiger partial charge in [-0.1, -0.05) is 74.9 Å². The van der Waals surface area contributed by atoms with Gasteiger partial charge in [-0.25, -0.2) is 0 Å². The molecule has 124 valence electrons. The Labute approximate surface area is 150 Å². The highest BCUT2D eigenvalue weighted by atomic mass is 14.7. The summed E-state index contributed by atoms with van der Waals surface area (Å²) < 4.78 is 0. The van der Waals surface area contributed by atoms with E-state index in [0.717, 1.165) is 33.9 Å². The van der Waals surface area contributed by atoms with E-state index in [2.05, 4.69) is 26.3 Å². The molecular formula is C23H22N2. The maximum absolute atomic E-state index is 4.71. The topological polar surface area (TPSA) is 25.8 Å². The number of nitrogens with zero attached hydrogens (tertiary/aromatic N) is 2. The fraction of sp³-hybridized carbons (Fsp3) is 0.0435. The molecule has 0 saturated heterocycles. The summed E-state index contributed by atoms with van der Waals surface area (Å²) in [5.41, 5.74) is 5.55. The monoisotopic (exact) mass is 326 g/mol. The first-order valence-electron chi connectivity index (χ1n) is 8.04. The van der Waals surface area contributed by atoms with Gasteiger partial charge in [0.05, 0.1) is 11.4 Å². The Morgan fingerprint density at radius 3 is 1.52 bits per heavy atom. The molecule has 0 fully saturated rings. The summed E-state index contributed by atoms with van der Waals surface area (Å²) in [4.78, 5) is 9.42. The molecule has 0 N–H and O–H groups in total. The van der Waals surface area contributed by atoms with Crippen LogP contribution in [0.2, 0.25) is 0 Å². The third-order valence-electron chi connectivity index (χ3n) is 3.60. The van der Waals surface area contributed by atoms with Gasteiger partial charge in [0.1, 0.15) is 0 Å². The minimum atomic E-state index is 0.651. The van der Waals surface area contributed by atoms with Gasteiger partial charge < -0.3 is 0 Å². The second-order valence-corrected chi connectivity index (χ2v) is 5.33. The molecule has 2 nitrogen and oxygen atoms in total. The lowest BCUT2D eigenvalue weighted by atomic mass is 10.1. The predicted molar refractivity (Wildman–Crippen MR) is 108 cm³/mol. The Morgan fingerprint density at radius 1 is 0.720 bits per heavy atom. The summed E-state index contributed by atoms with van der Waals surface area (Å²) in [5, 5.41) is 0. The predicted octanol–water partition coefficient (Wildman–Crippen LogP) is 5.58. The van der Waals surface area contributed by atoms with Crippen LogP contribution in [-0.2, 0) is 6.42 Å². The normalized spacial score (nSPS) is 11.7. The molecule has 0 bridgehead atoms. The summed E-state index contributed by atoms with van der Waals surface area (Å²) in [6.45, 7) is 15.1. The zero-order valence-corrected chi connectivity index (χ0v) is 14.4. The van der Waals surface area contributed by atoms with Gasteiger partial charge in [0.2, 0.25) is 0 Å². The molecule has 2 aromatic rings. The van der Waals surface area contributed by atoms with E-state index in [1.807, 2.05) is 48.6 Å². The zero-order valence-electron chi connectivity index (χ0n) is 14.4. The van der Waals surface area contributed by atoms with Crippen molar-refractivity contribution in [2.75, 3.05) is 0 Å². The number of hydrogen-bond donors (Lipinski definition) is 0. The van der Waals surface area contributed by atoms with Crippen LogP contribution in [0, 0.1) is 0 Å². The number of hydrogen-bond acceptors (Lipinski definition) is 2. The molecule has 0 aliphatic heterocycles. The lowest BCUT2D eigenvalue weighted by Crippen LogP contribution is -1.99. The first kappa shape index (κ1) is 18.1. The number of pyridine rings is 2. The fourth-order valence-corrected chi connectivity index (χ4v) is 2.43. The third kappa shape index (κ3) is 4.85. The molecule has 2 heterocycles. The molecule has 0 aliphatic rings. The van der Waals surface area contributed by atoms with Crippen LogP contribution in [0.25, 0.3) is 11.1 Å². The molecule has 0 spiro atoms. The Balaban J connectivity index is 2.31. The minimum Gasteiger partial charge on any atom is -0.252 e. The molecule has 25 heavy (non-hydrogen) atoms. The average Bonchev–Trinajstić information content (AvgIpc) is 2.64. The van der Waals surface area contributed by atoms with Gasteiger partial charge in [-0.05, 0) is 35.4 Å². The van der Waals surface area contributed by atoms with Crippen LogP contribution in [-0.4, -0.2) is 9.97 Å². The highest BCUT2D eigenvalue weighted by molar-refractivity contribution is 5.73. The molecule has 0 unspecified atom stereocenters. The smallest absolute Gasteiger partial charge is 0.0705 e. The van der Waals surface area contributed by atoms with E-state index in [-0.39, 0.29) is 0 Å². The summed E-state index contributed by atoms with van der Waals surface area (Å²) in [7, 11) is 0. The van der Waals surface area contributed by atoms with Crippen molar-refractivity contribution in [3.8, 4) is 0 Å². The molecular weight excluding hydrogens is 304 g/mol. The first-order valence-corrected chi connectivity index (χ1v) is 8.04. The van der Waals surface area contributed by atoms with Gasteiger partial charge in [-0.3, -0.25) is 9.97 Å². The van der Waals surface area contributed by atoms with Crippen molar-refractivity contribution in [3.63, 3.8) is 0 Å². The molecule has 0 radical (unpaired) electrons. The van der Waals surface area contributed by atoms with Crippen molar-refractivity contribution in [1.82, 2.24) is 9.97 Å². The standard InChI is InChI=1S/C23H22N2/c1-5-11-18(7-3)22-15-9-13-20(24-22)17-21-14-10-16-23(25-21)19(8-4)12-6-2/h5-16H,1-4,17H2/b18-11+,19-12?. The Bertz CT molecular complexity index is 782. The van der Waals surface area contributed by atoms with Crippen molar-refractivity contribution in [2.45, 2.75) is 6.42 Å². The molecule has 0 atom stereocenters. The van der Waals surface area contributed by atoms with Gasteiger partial charge in [0, 0.05) is 17.8 Å². The van der Waals surface area contributed by atoms with Gasteiger partial charge in [-0.2, -0.15) is 0 Å².